The van der Waals surface area contributed by atoms with Crippen molar-refractivity contribution < 1.29 is 28.7 Å². The average molecular weight is 696 g/mol. The van der Waals surface area contributed by atoms with Crippen LogP contribution in [0, 0.1) is 36.5 Å². The minimum absolute atomic E-state index is 0.0118. The van der Waals surface area contributed by atoms with Gasteiger partial charge in [-0.2, -0.15) is 0 Å². The molecule has 2 aliphatic carbocycles. The smallest absolute Gasteiger partial charge is 0.338 e. The van der Waals surface area contributed by atoms with Gasteiger partial charge in [0.2, 0.25) is 11.8 Å². The maximum absolute atomic E-state index is 14.1. The van der Waals surface area contributed by atoms with E-state index in [0.717, 1.165) is 33.1 Å². The van der Waals surface area contributed by atoms with Gasteiger partial charge in [-0.3, -0.25) is 24.1 Å². The predicted molar refractivity (Wildman–Crippen MR) is 185 cm³/mol. The number of ether oxygens (including phenoxy) is 2. The molecule has 0 spiro atoms. The van der Waals surface area contributed by atoms with E-state index >= 15 is 0 Å². The summed E-state index contributed by atoms with van der Waals surface area (Å²) in [5.74, 6) is -1.79. The van der Waals surface area contributed by atoms with Crippen LogP contribution in [0.5, 0.6) is 5.75 Å². The van der Waals surface area contributed by atoms with Crippen LogP contribution in [0.2, 0.25) is 0 Å². The molecule has 1 saturated heterocycles. The molecular weight excluding hydrogens is 663 g/mol. The maximum Gasteiger partial charge on any atom is 0.338 e. The van der Waals surface area contributed by atoms with E-state index < -0.39 is 17.8 Å². The van der Waals surface area contributed by atoms with Crippen molar-refractivity contribution in [1.29, 1.82) is 0 Å². The first-order valence-corrected chi connectivity index (χ1v) is 18.1. The summed E-state index contributed by atoms with van der Waals surface area (Å²) in [6.45, 7) is 3.74. The van der Waals surface area contributed by atoms with E-state index in [1.54, 1.807) is 49.0 Å². The van der Waals surface area contributed by atoms with Crippen molar-refractivity contribution in [3.8, 4) is 5.75 Å². The van der Waals surface area contributed by atoms with E-state index in [-0.39, 0.29) is 64.7 Å². The van der Waals surface area contributed by atoms with Gasteiger partial charge >= 0.3 is 10.8 Å². The third-order valence-electron chi connectivity index (χ3n) is 10.4. The Morgan fingerprint density at radius 2 is 1.71 bits per heavy atom. The van der Waals surface area contributed by atoms with Crippen molar-refractivity contribution in [3.63, 3.8) is 0 Å². The van der Waals surface area contributed by atoms with Crippen LogP contribution in [0.1, 0.15) is 45.6 Å². The Bertz CT molecular complexity index is 2060. The minimum atomic E-state index is -0.464. The number of hydrogen-bond acceptors (Lipinski definition) is 9. The van der Waals surface area contributed by atoms with Gasteiger partial charge in [0.25, 0.3) is 5.91 Å². The second-order valence-corrected chi connectivity index (χ2v) is 15.2. The molecule has 6 unspecified atom stereocenters. The predicted octanol–water partition coefficient (Wildman–Crippen LogP) is 5.62. The number of H-pyrrole nitrogens is 1. The molecule has 10 nitrogen and oxygen atoms in total. The highest BCUT2D eigenvalue weighted by molar-refractivity contribution is 8.00. The molecule has 7 atom stereocenters. The lowest BCUT2D eigenvalue weighted by atomic mass is 9.68. The van der Waals surface area contributed by atoms with Crippen LogP contribution in [-0.4, -0.2) is 47.1 Å². The van der Waals surface area contributed by atoms with Gasteiger partial charge < -0.3 is 19.8 Å². The Kier molecular flexibility index (Phi) is 7.95. The Labute approximate surface area is 290 Å². The number of fused-ring (bicyclic) bond motifs is 9. The fourth-order valence-corrected chi connectivity index (χ4v) is 11.3. The number of thiazole rings is 1. The molecule has 1 aromatic heterocycles. The molecule has 3 heterocycles. The number of nitrogens with one attached hydrogen (secondary N) is 2. The standard InChI is InChI=1S/C37H33N3O7S2/c1-3-46-36(44)19-11-13-21(14-12-19)40-34(42)29-23-16-24(30(29)35(40)43)31-28(23)27(32-33(48-31)39-37(45)49-32)20-8-6-9-22(15-20)47-17-26(41)38-25-10-5-4-7-18(25)2/h4-15,23-24,27-31H,3,16-17H2,1-2H3,(H,38,41)(H,39,45)/t23?,24?,27-,28?,29?,30?,31?/m1/s1. The number of esters is 1. The molecule has 250 valence electrons. The summed E-state index contributed by atoms with van der Waals surface area (Å²) in [5.41, 5.74) is 3.43. The van der Waals surface area contributed by atoms with E-state index in [1.165, 1.54) is 16.2 Å². The molecule has 2 bridgehead atoms. The number of thioether (sulfide) groups is 1. The van der Waals surface area contributed by atoms with Crippen molar-refractivity contribution in [2.45, 2.75) is 36.5 Å². The van der Waals surface area contributed by atoms with Gasteiger partial charge in [-0.25, -0.2) is 4.79 Å². The van der Waals surface area contributed by atoms with Crippen LogP contribution in [0.25, 0.3) is 0 Å². The lowest BCUT2D eigenvalue weighted by Gasteiger charge is -2.43. The number of aromatic amines is 1. The van der Waals surface area contributed by atoms with Gasteiger partial charge in [-0.15, -0.1) is 11.8 Å². The summed E-state index contributed by atoms with van der Waals surface area (Å²) in [6, 6.07) is 21.6. The lowest BCUT2D eigenvalue weighted by Crippen LogP contribution is -2.42. The summed E-state index contributed by atoms with van der Waals surface area (Å²) in [7, 11) is 0. The van der Waals surface area contributed by atoms with E-state index in [0.29, 0.717) is 17.0 Å². The zero-order valence-corrected chi connectivity index (χ0v) is 28.3. The molecule has 49 heavy (non-hydrogen) atoms. The fourth-order valence-electron chi connectivity index (χ4n) is 8.45. The molecule has 4 aromatic rings. The molecule has 2 saturated carbocycles. The van der Waals surface area contributed by atoms with Gasteiger partial charge in [-0.1, -0.05) is 41.7 Å². The highest BCUT2D eigenvalue weighted by Crippen LogP contribution is 2.68. The van der Waals surface area contributed by atoms with E-state index in [2.05, 4.69) is 10.3 Å². The number of para-hydroxylation sites is 1. The second-order valence-electron chi connectivity index (χ2n) is 13.0. The topological polar surface area (TPSA) is 135 Å². The Balaban J connectivity index is 1.07. The molecular formula is C37H33N3O7S2. The van der Waals surface area contributed by atoms with Crippen LogP contribution in [0.4, 0.5) is 11.4 Å². The van der Waals surface area contributed by atoms with Gasteiger partial charge in [0, 0.05) is 21.7 Å². The van der Waals surface area contributed by atoms with Gasteiger partial charge in [0.1, 0.15) is 5.75 Å². The molecule has 3 fully saturated rings. The third-order valence-corrected chi connectivity index (χ3v) is 13.0. The third kappa shape index (κ3) is 5.28. The number of nitrogens with zero attached hydrogens (tertiary/aromatic N) is 1. The summed E-state index contributed by atoms with van der Waals surface area (Å²) in [6.07, 6.45) is 0.760. The first-order chi connectivity index (χ1) is 23.7. The van der Waals surface area contributed by atoms with Gasteiger partial charge in [-0.05, 0) is 91.6 Å². The molecule has 2 aliphatic heterocycles. The molecule has 8 rings (SSSR count). The van der Waals surface area contributed by atoms with Crippen molar-refractivity contribution in [2.75, 3.05) is 23.4 Å². The Morgan fingerprint density at radius 3 is 2.47 bits per heavy atom. The number of imide groups is 1. The number of anilines is 2. The number of amides is 3. The Morgan fingerprint density at radius 1 is 0.959 bits per heavy atom. The summed E-state index contributed by atoms with van der Waals surface area (Å²) in [4.78, 5) is 70.8. The SMILES string of the molecule is CCOC(=O)c1ccc(N2C(=O)C3C4CC(C3C2=O)C2C4Sc3[nH]c(=O)sc3[C@@H]2c2cccc(OCC(=O)Nc3ccccc3C)c2)cc1. The highest BCUT2D eigenvalue weighted by atomic mass is 32.2. The monoisotopic (exact) mass is 695 g/mol. The zero-order valence-electron chi connectivity index (χ0n) is 26.7. The minimum Gasteiger partial charge on any atom is -0.484 e. The quantitative estimate of drug-likeness (QED) is 0.179. The van der Waals surface area contributed by atoms with E-state index in [4.69, 9.17) is 9.47 Å². The van der Waals surface area contributed by atoms with Gasteiger partial charge in [0.05, 0.1) is 34.7 Å². The van der Waals surface area contributed by atoms with E-state index in [1.807, 2.05) is 49.4 Å². The fraction of sp³-hybridized carbons (Fsp3) is 0.324. The largest absolute Gasteiger partial charge is 0.484 e. The summed E-state index contributed by atoms with van der Waals surface area (Å²) < 4.78 is 11.0. The van der Waals surface area contributed by atoms with Crippen molar-refractivity contribution in [1.82, 2.24) is 4.98 Å². The maximum atomic E-state index is 14.1. The van der Waals surface area contributed by atoms with Crippen LogP contribution in [0.15, 0.2) is 82.6 Å². The molecule has 4 aliphatic rings. The number of aromatic nitrogens is 1. The second kappa shape index (κ2) is 12.3. The average Bonchev–Trinajstić information content (AvgIpc) is 3.84. The lowest BCUT2D eigenvalue weighted by molar-refractivity contribution is -0.123. The molecule has 3 aromatic carbocycles. The normalized spacial score (nSPS) is 26.2. The number of aryl methyl sites for hydroxylation is 1. The van der Waals surface area contributed by atoms with Crippen LogP contribution >= 0.6 is 23.1 Å². The molecule has 2 N–H and O–H groups in total. The number of benzene rings is 3. The van der Waals surface area contributed by atoms with Crippen molar-refractivity contribution in [2.24, 2.45) is 29.6 Å². The van der Waals surface area contributed by atoms with Gasteiger partial charge in [0.15, 0.2) is 6.61 Å². The first kappa shape index (κ1) is 31.6. The number of carbonyl (C=O) groups excluding carboxylic acids is 4. The van der Waals surface area contributed by atoms with Crippen LogP contribution < -0.4 is 19.8 Å². The van der Waals surface area contributed by atoms with Crippen LogP contribution in [-0.2, 0) is 19.1 Å². The number of rotatable bonds is 8. The first-order valence-electron chi connectivity index (χ1n) is 16.4. The highest BCUT2D eigenvalue weighted by Gasteiger charge is 2.69. The summed E-state index contributed by atoms with van der Waals surface area (Å²) >= 11 is 2.82. The van der Waals surface area contributed by atoms with Crippen LogP contribution in [0.3, 0.4) is 0 Å². The zero-order chi connectivity index (χ0) is 34.0. The Hall–Kier alpha value is -4.68. The van der Waals surface area contributed by atoms with Crippen molar-refractivity contribution in [3.05, 3.63) is 104 Å². The molecule has 0 radical (unpaired) electrons. The number of hydrogen-bond donors (Lipinski definition) is 2. The number of carbonyl (C=O) groups is 4. The molecule has 12 heteroatoms. The van der Waals surface area contributed by atoms with E-state index in [9.17, 15) is 24.0 Å². The summed E-state index contributed by atoms with van der Waals surface area (Å²) in [5, 5.41) is 3.74. The molecule has 3 amide bonds. The van der Waals surface area contributed by atoms with Crippen molar-refractivity contribution >= 4 is 58.2 Å².